The molecule has 1 aliphatic heterocycles. The van der Waals surface area contributed by atoms with E-state index in [1.165, 1.54) is 11.9 Å². The highest BCUT2D eigenvalue weighted by Gasteiger charge is 2.41. The number of nitrogens with zero attached hydrogens (tertiary/aromatic N) is 1. The Morgan fingerprint density at radius 1 is 0.487 bits per heavy atom. The molecule has 0 N–H and O–H groups in total. The second kappa shape index (κ2) is 7.85. The van der Waals surface area contributed by atoms with Crippen molar-refractivity contribution in [3.05, 3.63) is 101 Å². The normalized spacial score (nSPS) is 13.2. The molecule has 39 heavy (non-hydrogen) atoms. The molecular weight excluding hydrogens is 525 g/mol. The Morgan fingerprint density at radius 3 is 1.56 bits per heavy atom. The number of hydrogen-bond acceptors (Lipinski definition) is 1. The highest BCUT2D eigenvalue weighted by Crippen LogP contribution is 2.48. The largest absolute Gasteiger partial charge is 0.345 e. The van der Waals surface area contributed by atoms with Crippen LogP contribution in [0.4, 0.5) is 46.5 Å². The quantitative estimate of drug-likeness (QED) is 0.103. The van der Waals surface area contributed by atoms with E-state index in [4.69, 9.17) is 0 Å². The van der Waals surface area contributed by atoms with Crippen LogP contribution in [0.15, 0.2) is 54.6 Å². The van der Waals surface area contributed by atoms with E-state index >= 15 is 22.0 Å². The van der Waals surface area contributed by atoms with Gasteiger partial charge in [0.15, 0.2) is 40.7 Å². The van der Waals surface area contributed by atoms with Gasteiger partial charge in [0.1, 0.15) is 5.82 Å². The minimum absolute atomic E-state index is 0.233. The number of benzene rings is 6. The van der Waals surface area contributed by atoms with Crippen LogP contribution in [0.1, 0.15) is 0 Å². The van der Waals surface area contributed by atoms with E-state index < -0.39 is 85.6 Å². The highest BCUT2D eigenvalue weighted by atomic mass is 19.2. The average molecular weight is 537 g/mol. The molecule has 1 nitrogen and oxygen atoms in total. The number of anilines is 2. The van der Waals surface area contributed by atoms with Crippen molar-refractivity contribution in [3.8, 4) is 0 Å². The van der Waals surface area contributed by atoms with Crippen LogP contribution in [0.25, 0.3) is 32.3 Å². The van der Waals surface area contributed by atoms with Crippen molar-refractivity contribution in [2.45, 2.75) is 0 Å². The maximum Gasteiger partial charge on any atom is 0.250 e. The molecule has 0 unspecified atom stereocenters. The fourth-order valence-corrected chi connectivity index (χ4v) is 6.07. The molecule has 0 fully saturated rings. The van der Waals surface area contributed by atoms with Gasteiger partial charge >= 0.3 is 0 Å². The van der Waals surface area contributed by atoms with Gasteiger partial charge in [0.05, 0.1) is 16.2 Å². The lowest BCUT2D eigenvalue weighted by atomic mass is 9.35. The lowest BCUT2D eigenvalue weighted by molar-refractivity contribution is 0.448. The third-order valence-corrected chi connectivity index (χ3v) is 7.65. The Kier molecular flexibility index (Phi) is 4.78. The monoisotopic (exact) mass is 537 g/mol. The molecular formula is C29H12BF8N. The van der Waals surface area contributed by atoms with Crippen LogP contribution in [-0.2, 0) is 0 Å². The minimum atomic E-state index is -2.31. The summed E-state index contributed by atoms with van der Waals surface area (Å²) >= 11 is 0. The van der Waals surface area contributed by atoms with Crippen LogP contribution in [-0.4, -0.2) is 13.8 Å². The average Bonchev–Trinajstić information content (AvgIpc) is 2.94. The van der Waals surface area contributed by atoms with Crippen LogP contribution in [0, 0.1) is 46.5 Å². The van der Waals surface area contributed by atoms with Crippen molar-refractivity contribution >= 4 is 66.8 Å². The Bertz CT molecular complexity index is 2000. The summed E-state index contributed by atoms with van der Waals surface area (Å²) in [5, 5.41) is -6.47. The number of halogens is 8. The second-order valence-corrected chi connectivity index (χ2v) is 9.49. The van der Waals surface area contributed by atoms with Gasteiger partial charge in [-0.2, -0.15) is 0 Å². The molecule has 0 aromatic heterocycles. The molecule has 1 heterocycles. The zero-order valence-electron chi connectivity index (χ0n) is 19.7. The van der Waals surface area contributed by atoms with Crippen molar-refractivity contribution in [2.75, 3.05) is 11.9 Å². The third-order valence-electron chi connectivity index (χ3n) is 7.65. The van der Waals surface area contributed by atoms with Crippen LogP contribution in [0.3, 0.4) is 0 Å². The van der Waals surface area contributed by atoms with Gasteiger partial charge in [0.2, 0.25) is 0 Å². The summed E-state index contributed by atoms with van der Waals surface area (Å²) < 4.78 is 123. The lowest BCUT2D eigenvalue weighted by Gasteiger charge is -2.36. The van der Waals surface area contributed by atoms with Gasteiger partial charge in [-0.05, 0) is 17.0 Å². The van der Waals surface area contributed by atoms with Crippen molar-refractivity contribution in [3.63, 3.8) is 0 Å². The SMILES string of the molecule is CN1c2ccccc2B(c2ccccc2)c2c(F)c3c(F)c(F)c4c(F)c(F)c(F)c5c(F)c(F)c(c21)c3c45. The topological polar surface area (TPSA) is 3.24 Å². The summed E-state index contributed by atoms with van der Waals surface area (Å²) in [7, 11) is 1.45. The highest BCUT2D eigenvalue weighted by molar-refractivity contribution is 6.98. The van der Waals surface area contributed by atoms with E-state index in [-0.39, 0.29) is 11.2 Å². The van der Waals surface area contributed by atoms with Crippen LogP contribution in [0.2, 0.25) is 0 Å². The molecule has 10 heteroatoms. The summed E-state index contributed by atoms with van der Waals surface area (Å²) in [4.78, 5) is 1.36. The lowest BCUT2D eigenvalue weighted by Crippen LogP contribution is -2.58. The van der Waals surface area contributed by atoms with Gasteiger partial charge in [0.25, 0.3) is 6.71 Å². The molecule has 7 rings (SSSR count). The molecule has 0 saturated carbocycles. The maximum absolute atomic E-state index is 16.6. The summed E-state index contributed by atoms with van der Waals surface area (Å²) in [5.74, 6) is -15.5. The van der Waals surface area contributed by atoms with Crippen molar-refractivity contribution < 1.29 is 35.1 Å². The fourth-order valence-electron chi connectivity index (χ4n) is 6.07. The number of hydrogen-bond donors (Lipinski definition) is 0. The summed E-state index contributed by atoms with van der Waals surface area (Å²) in [6, 6.07) is 15.1. The van der Waals surface area contributed by atoms with Crippen LogP contribution < -0.4 is 21.3 Å². The first-order valence-corrected chi connectivity index (χ1v) is 11.8. The Balaban J connectivity index is 1.82. The van der Waals surface area contributed by atoms with Crippen molar-refractivity contribution in [1.29, 1.82) is 0 Å². The molecule has 6 aromatic rings. The number of rotatable bonds is 1. The minimum Gasteiger partial charge on any atom is -0.345 e. The standard InChI is InChI=1S/C29H12BF8N/c1-39-13-10-6-5-9-12(13)30(11-7-3-2-4-8-11)20-21(31)16-15-14-17(23(33)22(16)32)25(35)28(38)26(36)18(14)24(34)27(37)19(15)29(20)39/h2-10H,1H3. The Labute approximate surface area is 215 Å². The molecule has 6 aromatic carbocycles. The molecule has 0 amide bonds. The maximum atomic E-state index is 16.6. The predicted octanol–water partition coefficient (Wildman–Crippen LogP) is 6.29. The van der Waals surface area contributed by atoms with E-state index in [0.29, 0.717) is 16.6 Å². The van der Waals surface area contributed by atoms with Gasteiger partial charge in [0, 0.05) is 34.6 Å². The van der Waals surface area contributed by atoms with E-state index in [2.05, 4.69) is 0 Å². The molecule has 1 aliphatic rings. The first kappa shape index (κ1) is 23.8. The summed E-state index contributed by atoms with van der Waals surface area (Å²) in [6.07, 6.45) is 0. The van der Waals surface area contributed by atoms with Gasteiger partial charge in [-0.1, -0.05) is 54.0 Å². The second-order valence-electron chi connectivity index (χ2n) is 9.49. The number of para-hydroxylation sites is 1. The molecule has 0 aliphatic carbocycles. The van der Waals surface area contributed by atoms with Crippen molar-refractivity contribution in [2.24, 2.45) is 0 Å². The van der Waals surface area contributed by atoms with E-state index in [1.807, 2.05) is 0 Å². The zero-order chi connectivity index (χ0) is 27.5. The van der Waals surface area contributed by atoms with Gasteiger partial charge in [-0.15, -0.1) is 0 Å². The Hall–Kier alpha value is -4.34. The molecule has 192 valence electrons. The molecule has 0 bridgehead atoms. The summed E-state index contributed by atoms with van der Waals surface area (Å²) in [5.41, 5.74) is 1.03. The van der Waals surface area contributed by atoms with Crippen molar-refractivity contribution in [1.82, 2.24) is 0 Å². The van der Waals surface area contributed by atoms with E-state index in [1.54, 1.807) is 54.6 Å². The van der Waals surface area contributed by atoms with E-state index in [9.17, 15) is 13.2 Å². The Morgan fingerprint density at radius 2 is 0.949 bits per heavy atom. The van der Waals surface area contributed by atoms with Crippen LogP contribution >= 0.6 is 0 Å². The molecule has 0 spiro atoms. The number of fused-ring (bicyclic) bond motifs is 3. The first-order chi connectivity index (χ1) is 18.7. The smallest absolute Gasteiger partial charge is 0.250 e. The van der Waals surface area contributed by atoms with E-state index in [0.717, 1.165) is 0 Å². The third kappa shape index (κ3) is 2.76. The van der Waals surface area contributed by atoms with Gasteiger partial charge in [-0.3, -0.25) is 0 Å². The first-order valence-electron chi connectivity index (χ1n) is 11.8. The molecule has 0 radical (unpaired) electrons. The fraction of sp³-hybridized carbons (Fsp3) is 0.0345. The van der Waals surface area contributed by atoms with Gasteiger partial charge < -0.3 is 4.90 Å². The van der Waals surface area contributed by atoms with Gasteiger partial charge in [-0.25, -0.2) is 35.1 Å². The molecule has 0 saturated heterocycles. The van der Waals surface area contributed by atoms with Crippen LogP contribution in [0.5, 0.6) is 0 Å². The molecule has 0 atom stereocenters. The summed E-state index contributed by atoms with van der Waals surface area (Å²) in [6.45, 7) is -0.966. The predicted molar refractivity (Wildman–Crippen MR) is 135 cm³/mol. The zero-order valence-corrected chi connectivity index (χ0v) is 19.7.